The Labute approximate surface area is 84.7 Å². The minimum absolute atomic E-state index is 0.226. The second kappa shape index (κ2) is 4.75. The van der Waals surface area contributed by atoms with E-state index >= 15 is 0 Å². The van der Waals surface area contributed by atoms with Crippen molar-refractivity contribution < 1.29 is 14.3 Å². The molecule has 1 saturated heterocycles. The molecule has 0 aromatic heterocycles. The van der Waals surface area contributed by atoms with E-state index in [9.17, 15) is 4.79 Å². The molecule has 1 heterocycles. The lowest BCUT2D eigenvalue weighted by Gasteiger charge is -2.24. The van der Waals surface area contributed by atoms with Gasteiger partial charge in [-0.3, -0.25) is 4.79 Å². The van der Waals surface area contributed by atoms with Gasteiger partial charge in [0.1, 0.15) is 5.41 Å². The second-order valence-corrected chi connectivity index (χ2v) is 4.03. The van der Waals surface area contributed by atoms with Gasteiger partial charge in [-0.1, -0.05) is 13.3 Å². The van der Waals surface area contributed by atoms with Gasteiger partial charge in [-0.05, 0) is 13.3 Å². The average molecular weight is 201 g/mol. The lowest BCUT2D eigenvalue weighted by molar-refractivity contribution is -0.155. The Morgan fingerprint density at radius 3 is 2.93 bits per heavy atom. The number of carbonyl (C=O) groups excluding carboxylic acids is 1. The summed E-state index contributed by atoms with van der Waals surface area (Å²) in [5.74, 6) is -0.226. The SMILES string of the molecule is CCCCOC(=O)C1(C)COCC1N. The number of rotatable bonds is 4. The molecule has 1 rings (SSSR count). The van der Waals surface area contributed by atoms with Gasteiger partial charge in [0, 0.05) is 6.04 Å². The first-order valence-corrected chi connectivity index (χ1v) is 5.12. The van der Waals surface area contributed by atoms with Gasteiger partial charge in [0.05, 0.1) is 19.8 Å². The Morgan fingerprint density at radius 1 is 1.71 bits per heavy atom. The average Bonchev–Trinajstić information content (AvgIpc) is 2.49. The van der Waals surface area contributed by atoms with Gasteiger partial charge < -0.3 is 15.2 Å². The van der Waals surface area contributed by atoms with Crippen LogP contribution < -0.4 is 5.73 Å². The molecule has 0 aromatic rings. The van der Waals surface area contributed by atoms with Crippen molar-refractivity contribution in [3.05, 3.63) is 0 Å². The number of unbranched alkanes of at least 4 members (excludes halogenated alkanes) is 1. The lowest BCUT2D eigenvalue weighted by Crippen LogP contribution is -2.45. The summed E-state index contributed by atoms with van der Waals surface area (Å²) in [6.45, 7) is 5.16. The minimum Gasteiger partial charge on any atom is -0.465 e. The van der Waals surface area contributed by atoms with Crippen molar-refractivity contribution in [2.75, 3.05) is 19.8 Å². The van der Waals surface area contributed by atoms with Crippen molar-refractivity contribution in [2.24, 2.45) is 11.1 Å². The molecule has 2 unspecified atom stereocenters. The van der Waals surface area contributed by atoms with Gasteiger partial charge in [-0.2, -0.15) is 0 Å². The fourth-order valence-electron chi connectivity index (χ4n) is 1.37. The normalized spacial score (nSPS) is 31.8. The van der Waals surface area contributed by atoms with E-state index in [1.165, 1.54) is 0 Å². The largest absolute Gasteiger partial charge is 0.465 e. The molecule has 0 aliphatic carbocycles. The molecule has 0 aromatic carbocycles. The third kappa shape index (κ3) is 2.25. The molecule has 0 amide bonds. The first-order valence-electron chi connectivity index (χ1n) is 5.12. The summed E-state index contributed by atoms with van der Waals surface area (Å²) < 4.78 is 10.3. The third-order valence-electron chi connectivity index (χ3n) is 2.72. The maximum absolute atomic E-state index is 11.7. The highest BCUT2D eigenvalue weighted by Gasteiger charge is 2.45. The van der Waals surface area contributed by atoms with Crippen LogP contribution in [0.2, 0.25) is 0 Å². The first-order chi connectivity index (χ1) is 6.61. The molecule has 0 spiro atoms. The van der Waals surface area contributed by atoms with Crippen LogP contribution in [0, 0.1) is 5.41 Å². The first kappa shape index (κ1) is 11.5. The van der Waals surface area contributed by atoms with Crippen LogP contribution >= 0.6 is 0 Å². The summed E-state index contributed by atoms with van der Waals surface area (Å²) >= 11 is 0. The van der Waals surface area contributed by atoms with Crippen LogP contribution in [0.1, 0.15) is 26.7 Å². The monoisotopic (exact) mass is 201 g/mol. The van der Waals surface area contributed by atoms with E-state index < -0.39 is 5.41 Å². The van der Waals surface area contributed by atoms with Crippen LogP contribution in [0.4, 0.5) is 0 Å². The van der Waals surface area contributed by atoms with Crippen LogP contribution in [0.25, 0.3) is 0 Å². The van der Waals surface area contributed by atoms with Crippen LogP contribution in [0.5, 0.6) is 0 Å². The number of esters is 1. The Bertz CT molecular complexity index is 208. The van der Waals surface area contributed by atoms with Crippen molar-refractivity contribution in [1.82, 2.24) is 0 Å². The number of hydrogen-bond acceptors (Lipinski definition) is 4. The van der Waals surface area contributed by atoms with Crippen molar-refractivity contribution in [1.29, 1.82) is 0 Å². The molecule has 0 bridgehead atoms. The molecular formula is C10H19NO3. The Morgan fingerprint density at radius 2 is 2.43 bits per heavy atom. The highest BCUT2D eigenvalue weighted by atomic mass is 16.5. The van der Waals surface area contributed by atoms with E-state index in [0.29, 0.717) is 19.8 Å². The van der Waals surface area contributed by atoms with Gasteiger partial charge in [-0.25, -0.2) is 0 Å². The Hall–Kier alpha value is -0.610. The lowest BCUT2D eigenvalue weighted by atomic mass is 9.86. The van der Waals surface area contributed by atoms with Gasteiger partial charge in [0.25, 0.3) is 0 Å². The summed E-state index contributed by atoms with van der Waals surface area (Å²) in [4.78, 5) is 11.7. The smallest absolute Gasteiger partial charge is 0.315 e. The summed E-state index contributed by atoms with van der Waals surface area (Å²) in [5, 5.41) is 0. The summed E-state index contributed by atoms with van der Waals surface area (Å²) in [5.41, 5.74) is 5.15. The molecule has 2 N–H and O–H groups in total. The number of nitrogens with two attached hydrogens (primary N) is 1. The van der Waals surface area contributed by atoms with Crippen molar-refractivity contribution in [3.8, 4) is 0 Å². The van der Waals surface area contributed by atoms with E-state index in [1.807, 2.05) is 0 Å². The molecular weight excluding hydrogens is 182 g/mol. The van der Waals surface area contributed by atoms with E-state index in [2.05, 4.69) is 6.92 Å². The standard InChI is InChI=1S/C10H19NO3/c1-3-4-5-14-9(12)10(2)7-13-6-8(10)11/h8H,3-7,11H2,1-2H3. The highest BCUT2D eigenvalue weighted by Crippen LogP contribution is 2.28. The third-order valence-corrected chi connectivity index (χ3v) is 2.72. The fraction of sp³-hybridized carbons (Fsp3) is 0.900. The van der Waals surface area contributed by atoms with E-state index in [-0.39, 0.29) is 12.0 Å². The fourth-order valence-corrected chi connectivity index (χ4v) is 1.37. The number of carbonyl (C=O) groups is 1. The van der Waals surface area contributed by atoms with Gasteiger partial charge in [-0.15, -0.1) is 0 Å². The van der Waals surface area contributed by atoms with Crippen molar-refractivity contribution in [2.45, 2.75) is 32.7 Å². The van der Waals surface area contributed by atoms with E-state index in [0.717, 1.165) is 12.8 Å². The van der Waals surface area contributed by atoms with Crippen molar-refractivity contribution >= 4 is 5.97 Å². The molecule has 14 heavy (non-hydrogen) atoms. The number of ether oxygens (including phenoxy) is 2. The maximum atomic E-state index is 11.7. The second-order valence-electron chi connectivity index (χ2n) is 4.03. The van der Waals surface area contributed by atoms with Gasteiger partial charge in [0.2, 0.25) is 0 Å². The topological polar surface area (TPSA) is 61.5 Å². The van der Waals surface area contributed by atoms with Crippen LogP contribution in [0.15, 0.2) is 0 Å². The zero-order chi connectivity index (χ0) is 10.6. The maximum Gasteiger partial charge on any atom is 0.315 e. The molecule has 1 aliphatic rings. The summed E-state index contributed by atoms with van der Waals surface area (Å²) in [7, 11) is 0. The molecule has 1 aliphatic heterocycles. The summed E-state index contributed by atoms with van der Waals surface area (Å²) in [6.07, 6.45) is 1.92. The Balaban J connectivity index is 2.42. The summed E-state index contributed by atoms with van der Waals surface area (Å²) in [6, 6.07) is -0.239. The van der Waals surface area contributed by atoms with Gasteiger partial charge >= 0.3 is 5.97 Å². The van der Waals surface area contributed by atoms with Crippen molar-refractivity contribution in [3.63, 3.8) is 0 Å². The molecule has 1 fully saturated rings. The minimum atomic E-state index is -0.645. The number of hydrogen-bond donors (Lipinski definition) is 1. The Kier molecular flexibility index (Phi) is 3.89. The predicted octanol–water partition coefficient (Wildman–Crippen LogP) is 0.694. The molecule has 0 saturated carbocycles. The highest BCUT2D eigenvalue weighted by molar-refractivity contribution is 5.78. The molecule has 2 atom stereocenters. The van der Waals surface area contributed by atoms with Crippen LogP contribution in [0.3, 0.4) is 0 Å². The quantitative estimate of drug-likeness (QED) is 0.537. The molecule has 4 heteroatoms. The van der Waals surface area contributed by atoms with Crippen LogP contribution in [-0.4, -0.2) is 31.8 Å². The molecule has 0 radical (unpaired) electrons. The molecule has 4 nitrogen and oxygen atoms in total. The zero-order valence-electron chi connectivity index (χ0n) is 8.91. The van der Waals surface area contributed by atoms with E-state index in [4.69, 9.17) is 15.2 Å². The van der Waals surface area contributed by atoms with Crippen LogP contribution in [-0.2, 0) is 14.3 Å². The predicted molar refractivity (Wildman–Crippen MR) is 52.8 cm³/mol. The zero-order valence-corrected chi connectivity index (χ0v) is 8.91. The van der Waals surface area contributed by atoms with E-state index in [1.54, 1.807) is 6.92 Å². The van der Waals surface area contributed by atoms with Gasteiger partial charge in [0.15, 0.2) is 0 Å². The molecule has 82 valence electrons.